The molecule has 4 atom stereocenters. The zero-order chi connectivity index (χ0) is 16.2. The largest absolute Gasteiger partial charge is 0.467 e. The minimum absolute atomic E-state index is 0.113. The third-order valence-electron chi connectivity index (χ3n) is 5.16. The van der Waals surface area contributed by atoms with Gasteiger partial charge in [-0.05, 0) is 56.6 Å². The number of rotatable bonds is 6. The second-order valence-electron chi connectivity index (χ2n) is 7.25. The lowest BCUT2D eigenvalue weighted by molar-refractivity contribution is 0.129. The fourth-order valence-electron chi connectivity index (χ4n) is 3.80. The monoisotopic (exact) mass is 320 g/mol. The fourth-order valence-corrected chi connectivity index (χ4v) is 3.80. The lowest BCUT2D eigenvalue weighted by atomic mass is 9.83. The number of aliphatic hydroxyl groups excluding tert-OH is 1. The summed E-state index contributed by atoms with van der Waals surface area (Å²) in [5.74, 6) is 2.27. The molecule has 0 radical (unpaired) electrons. The summed E-state index contributed by atoms with van der Waals surface area (Å²) in [6, 6.07) is 3.57. The van der Waals surface area contributed by atoms with Crippen LogP contribution >= 0.6 is 0 Å². The van der Waals surface area contributed by atoms with Crippen molar-refractivity contribution >= 4 is 6.03 Å². The molecule has 0 aliphatic heterocycles. The summed E-state index contributed by atoms with van der Waals surface area (Å²) in [7, 11) is 0. The van der Waals surface area contributed by atoms with E-state index in [0.29, 0.717) is 18.2 Å². The number of aliphatic hydroxyl groups is 1. The summed E-state index contributed by atoms with van der Waals surface area (Å²) < 4.78 is 5.18. The Bertz CT molecular complexity index is 498. The highest BCUT2D eigenvalue weighted by Gasteiger charge is 2.35. The normalized spacial score (nSPS) is 27.2. The van der Waals surface area contributed by atoms with Crippen LogP contribution in [0.3, 0.4) is 0 Å². The Morgan fingerprint density at radius 3 is 2.87 bits per heavy atom. The van der Waals surface area contributed by atoms with Gasteiger partial charge in [0.15, 0.2) is 0 Å². The quantitative estimate of drug-likeness (QED) is 0.752. The molecule has 3 N–H and O–H groups in total. The average molecular weight is 320 g/mol. The molecule has 0 spiro atoms. The van der Waals surface area contributed by atoms with Crippen LogP contribution < -0.4 is 10.6 Å². The van der Waals surface area contributed by atoms with Gasteiger partial charge in [0.1, 0.15) is 11.9 Å². The van der Waals surface area contributed by atoms with Crippen molar-refractivity contribution in [2.24, 2.45) is 11.8 Å². The standard InChI is InChI=1S/C18H28N2O3/c1-12(10-16(21)17-6-3-9-23-17)19-18(22)20-15-5-2-4-14(11-15)13-7-8-13/h3,6,9,12-16,21H,2,4-5,7-8,10-11H2,1H3,(H2,19,20,22). The summed E-state index contributed by atoms with van der Waals surface area (Å²) in [5, 5.41) is 16.1. The molecule has 0 bridgehead atoms. The van der Waals surface area contributed by atoms with Gasteiger partial charge in [0.25, 0.3) is 0 Å². The SMILES string of the molecule is CC(CC(O)c1ccco1)NC(=O)NC1CCCC(C2CC2)C1. The summed E-state index contributed by atoms with van der Waals surface area (Å²) in [6.07, 6.45) is 8.82. The predicted octanol–water partition coefficient (Wildman–Crippen LogP) is 3.36. The highest BCUT2D eigenvalue weighted by molar-refractivity contribution is 5.74. The van der Waals surface area contributed by atoms with E-state index in [2.05, 4.69) is 10.6 Å². The Hall–Kier alpha value is -1.49. The summed E-state index contributed by atoms with van der Waals surface area (Å²) in [4.78, 5) is 12.2. The van der Waals surface area contributed by atoms with Gasteiger partial charge in [0.2, 0.25) is 0 Å². The Morgan fingerprint density at radius 1 is 1.35 bits per heavy atom. The Kier molecular flexibility index (Phi) is 5.26. The molecule has 1 heterocycles. The van der Waals surface area contributed by atoms with E-state index in [1.54, 1.807) is 18.4 Å². The van der Waals surface area contributed by atoms with Crippen LogP contribution in [0, 0.1) is 11.8 Å². The van der Waals surface area contributed by atoms with Crippen molar-refractivity contribution in [2.75, 3.05) is 0 Å². The van der Waals surface area contributed by atoms with Crippen molar-refractivity contribution in [3.05, 3.63) is 24.2 Å². The van der Waals surface area contributed by atoms with Crippen LogP contribution in [0.2, 0.25) is 0 Å². The van der Waals surface area contributed by atoms with E-state index in [9.17, 15) is 9.90 Å². The van der Waals surface area contributed by atoms with E-state index >= 15 is 0 Å². The lowest BCUT2D eigenvalue weighted by Gasteiger charge is -2.30. The van der Waals surface area contributed by atoms with Crippen molar-refractivity contribution in [1.82, 2.24) is 10.6 Å². The number of carbonyl (C=O) groups excluding carboxylic acids is 1. The molecular weight excluding hydrogens is 292 g/mol. The molecule has 1 aromatic heterocycles. The van der Waals surface area contributed by atoms with Crippen LogP contribution in [0.25, 0.3) is 0 Å². The van der Waals surface area contributed by atoms with Gasteiger partial charge >= 0.3 is 6.03 Å². The van der Waals surface area contributed by atoms with E-state index in [1.807, 2.05) is 6.92 Å². The number of hydrogen-bond acceptors (Lipinski definition) is 3. The topological polar surface area (TPSA) is 74.5 Å². The molecule has 0 aromatic carbocycles. The van der Waals surface area contributed by atoms with Crippen molar-refractivity contribution in [3.8, 4) is 0 Å². The zero-order valence-electron chi connectivity index (χ0n) is 13.8. The van der Waals surface area contributed by atoms with Crippen LogP contribution in [-0.2, 0) is 0 Å². The molecule has 2 amide bonds. The average Bonchev–Trinajstić information content (AvgIpc) is 3.21. The zero-order valence-corrected chi connectivity index (χ0v) is 13.8. The van der Waals surface area contributed by atoms with Gasteiger partial charge in [-0.15, -0.1) is 0 Å². The number of carbonyl (C=O) groups is 1. The van der Waals surface area contributed by atoms with Crippen LogP contribution in [0.15, 0.2) is 22.8 Å². The first-order chi connectivity index (χ1) is 11.1. The second kappa shape index (κ2) is 7.39. The molecule has 3 rings (SSSR count). The maximum Gasteiger partial charge on any atom is 0.315 e. The van der Waals surface area contributed by atoms with Crippen molar-refractivity contribution < 1.29 is 14.3 Å². The predicted molar refractivity (Wildman–Crippen MR) is 87.9 cm³/mol. The summed E-state index contributed by atoms with van der Waals surface area (Å²) in [5.41, 5.74) is 0. The van der Waals surface area contributed by atoms with Crippen LogP contribution in [-0.4, -0.2) is 23.2 Å². The van der Waals surface area contributed by atoms with Crippen molar-refractivity contribution in [3.63, 3.8) is 0 Å². The van der Waals surface area contributed by atoms with Crippen molar-refractivity contribution in [2.45, 2.75) is 70.1 Å². The molecule has 128 valence electrons. The molecular formula is C18H28N2O3. The summed E-state index contributed by atoms with van der Waals surface area (Å²) >= 11 is 0. The molecule has 2 aliphatic carbocycles. The van der Waals surface area contributed by atoms with E-state index in [4.69, 9.17) is 4.42 Å². The van der Waals surface area contributed by atoms with E-state index < -0.39 is 6.10 Å². The molecule has 0 saturated heterocycles. The molecule has 2 saturated carbocycles. The highest BCUT2D eigenvalue weighted by Crippen LogP contribution is 2.43. The highest BCUT2D eigenvalue weighted by atomic mass is 16.4. The first-order valence-corrected chi connectivity index (χ1v) is 8.90. The molecule has 5 nitrogen and oxygen atoms in total. The second-order valence-corrected chi connectivity index (χ2v) is 7.25. The van der Waals surface area contributed by atoms with Crippen LogP contribution in [0.5, 0.6) is 0 Å². The summed E-state index contributed by atoms with van der Waals surface area (Å²) in [6.45, 7) is 1.90. The third kappa shape index (κ3) is 4.74. The minimum atomic E-state index is -0.686. The molecule has 2 aliphatic rings. The Morgan fingerprint density at radius 2 is 2.17 bits per heavy atom. The molecule has 5 heteroatoms. The van der Waals surface area contributed by atoms with Gasteiger partial charge in [-0.1, -0.05) is 12.8 Å². The number of nitrogens with one attached hydrogen (secondary N) is 2. The van der Waals surface area contributed by atoms with Crippen LogP contribution in [0.4, 0.5) is 4.79 Å². The molecule has 1 aromatic rings. The molecule has 2 fully saturated rings. The first-order valence-electron chi connectivity index (χ1n) is 8.90. The van der Waals surface area contributed by atoms with Gasteiger partial charge < -0.3 is 20.2 Å². The van der Waals surface area contributed by atoms with Crippen molar-refractivity contribution in [1.29, 1.82) is 0 Å². The number of furan rings is 1. The Balaban J connectivity index is 1.39. The first kappa shape index (κ1) is 16.4. The van der Waals surface area contributed by atoms with Crippen LogP contribution in [0.1, 0.15) is 63.7 Å². The smallest absolute Gasteiger partial charge is 0.315 e. The van der Waals surface area contributed by atoms with Gasteiger partial charge in [-0.25, -0.2) is 4.79 Å². The third-order valence-corrected chi connectivity index (χ3v) is 5.16. The molecule has 23 heavy (non-hydrogen) atoms. The van der Waals surface area contributed by atoms with Gasteiger partial charge in [0, 0.05) is 18.5 Å². The Labute approximate surface area is 137 Å². The van der Waals surface area contributed by atoms with Gasteiger partial charge in [-0.2, -0.15) is 0 Å². The van der Waals surface area contributed by atoms with E-state index in [1.165, 1.54) is 25.7 Å². The van der Waals surface area contributed by atoms with E-state index in [0.717, 1.165) is 24.7 Å². The fraction of sp³-hybridized carbons (Fsp3) is 0.722. The van der Waals surface area contributed by atoms with E-state index in [-0.39, 0.29) is 12.1 Å². The van der Waals surface area contributed by atoms with Gasteiger partial charge in [0.05, 0.1) is 6.26 Å². The maximum atomic E-state index is 12.2. The van der Waals surface area contributed by atoms with Gasteiger partial charge in [-0.3, -0.25) is 0 Å². The number of urea groups is 1. The number of hydrogen-bond donors (Lipinski definition) is 3. The maximum absolute atomic E-state index is 12.2. The lowest BCUT2D eigenvalue weighted by Crippen LogP contribution is -2.47. The molecule has 4 unspecified atom stereocenters. The number of amides is 2. The minimum Gasteiger partial charge on any atom is -0.467 e.